The zero-order valence-corrected chi connectivity index (χ0v) is 15.6. The summed E-state index contributed by atoms with van der Waals surface area (Å²) < 4.78 is 46.4. The molecule has 154 valence electrons. The molecule has 0 radical (unpaired) electrons. The minimum absolute atomic E-state index is 0.0725. The van der Waals surface area contributed by atoms with Crippen LogP contribution in [-0.2, 0) is 42.8 Å². The molecule has 0 bridgehead atoms. The summed E-state index contributed by atoms with van der Waals surface area (Å²) in [7, 11) is 2.84. The summed E-state index contributed by atoms with van der Waals surface area (Å²) in [5, 5.41) is 0. The maximum absolute atomic E-state index is 12.6. The fraction of sp³-hybridized carbons (Fsp3) is 0.333. The second kappa shape index (κ2) is 7.57. The third-order valence-electron chi connectivity index (χ3n) is 4.44. The van der Waals surface area contributed by atoms with Crippen LogP contribution in [0.1, 0.15) is 11.1 Å². The number of carbonyl (C=O) groups excluding carboxylic acids is 1. The molecule has 0 saturated heterocycles. The fourth-order valence-electron chi connectivity index (χ4n) is 2.85. The highest BCUT2D eigenvalue weighted by molar-refractivity contribution is 5.72. The molecule has 29 heavy (non-hydrogen) atoms. The Morgan fingerprint density at radius 3 is 2.38 bits per heavy atom. The van der Waals surface area contributed by atoms with Crippen LogP contribution in [0.3, 0.4) is 0 Å². The minimum atomic E-state index is -4.44. The molecule has 0 aliphatic carbocycles. The van der Waals surface area contributed by atoms with Gasteiger partial charge in [0.25, 0.3) is 5.56 Å². The first-order valence-corrected chi connectivity index (χ1v) is 8.52. The van der Waals surface area contributed by atoms with Crippen LogP contribution in [0.15, 0.2) is 40.2 Å². The Bertz CT molecular complexity index is 1170. The Kier molecular flexibility index (Phi) is 5.31. The summed E-state index contributed by atoms with van der Waals surface area (Å²) in [4.78, 5) is 40.2. The van der Waals surface area contributed by atoms with Crippen LogP contribution in [-0.4, -0.2) is 31.3 Å². The summed E-state index contributed by atoms with van der Waals surface area (Å²) in [6.45, 7) is 0.0552. The number of ether oxygens (including phenoxy) is 1. The smallest absolute Gasteiger partial charge is 0.416 e. The van der Waals surface area contributed by atoms with Crippen LogP contribution in [0.4, 0.5) is 13.2 Å². The first-order valence-electron chi connectivity index (χ1n) is 8.52. The molecule has 11 heteroatoms. The van der Waals surface area contributed by atoms with E-state index in [2.05, 4.69) is 4.98 Å². The Balaban J connectivity index is 1.64. The van der Waals surface area contributed by atoms with Gasteiger partial charge in [-0.3, -0.25) is 18.7 Å². The van der Waals surface area contributed by atoms with Gasteiger partial charge in [-0.2, -0.15) is 13.2 Å². The number of nitrogens with zero attached hydrogens (tertiary/aromatic N) is 4. The topological polar surface area (TPSA) is 88.1 Å². The van der Waals surface area contributed by atoms with Gasteiger partial charge in [0.1, 0.15) is 6.61 Å². The molecule has 8 nitrogen and oxygen atoms in total. The van der Waals surface area contributed by atoms with Crippen molar-refractivity contribution in [2.45, 2.75) is 19.1 Å². The van der Waals surface area contributed by atoms with E-state index in [1.807, 2.05) is 0 Å². The number of hydrogen-bond donors (Lipinski definition) is 0. The van der Waals surface area contributed by atoms with E-state index in [0.717, 1.165) is 16.7 Å². The van der Waals surface area contributed by atoms with Crippen molar-refractivity contribution in [3.05, 3.63) is 62.6 Å². The summed E-state index contributed by atoms with van der Waals surface area (Å²) >= 11 is 0. The first kappa shape index (κ1) is 20.4. The molecule has 0 amide bonds. The van der Waals surface area contributed by atoms with Crippen molar-refractivity contribution in [1.29, 1.82) is 0 Å². The van der Waals surface area contributed by atoms with Crippen molar-refractivity contribution >= 4 is 17.1 Å². The predicted octanol–water partition coefficient (Wildman–Crippen LogP) is 1.24. The summed E-state index contributed by atoms with van der Waals surface area (Å²) in [6, 6.07) is 4.25. The third kappa shape index (κ3) is 4.08. The second-order valence-electron chi connectivity index (χ2n) is 6.41. The van der Waals surface area contributed by atoms with E-state index < -0.39 is 29.0 Å². The molecule has 1 aromatic carbocycles. The third-order valence-corrected chi connectivity index (χ3v) is 4.44. The molecule has 0 aliphatic heterocycles. The Morgan fingerprint density at radius 1 is 1.10 bits per heavy atom. The largest absolute Gasteiger partial charge is 0.464 e. The van der Waals surface area contributed by atoms with E-state index in [1.165, 1.54) is 41.7 Å². The number of benzene rings is 1. The number of fused-ring (bicyclic) bond motifs is 1. The van der Waals surface area contributed by atoms with E-state index >= 15 is 0 Å². The van der Waals surface area contributed by atoms with Gasteiger partial charge < -0.3 is 9.30 Å². The van der Waals surface area contributed by atoms with Gasteiger partial charge in [0.15, 0.2) is 11.2 Å². The lowest BCUT2D eigenvalue weighted by Crippen LogP contribution is -2.37. The van der Waals surface area contributed by atoms with Crippen LogP contribution < -0.4 is 11.2 Å². The van der Waals surface area contributed by atoms with Gasteiger partial charge in [-0.15, -0.1) is 0 Å². The van der Waals surface area contributed by atoms with Crippen molar-refractivity contribution in [1.82, 2.24) is 18.7 Å². The van der Waals surface area contributed by atoms with Crippen LogP contribution in [0.5, 0.6) is 0 Å². The predicted molar refractivity (Wildman–Crippen MR) is 96.3 cm³/mol. The number of esters is 1. The van der Waals surface area contributed by atoms with Gasteiger partial charge in [-0.1, -0.05) is 12.1 Å². The van der Waals surface area contributed by atoms with Crippen molar-refractivity contribution in [3.63, 3.8) is 0 Å². The van der Waals surface area contributed by atoms with Crippen molar-refractivity contribution < 1.29 is 22.7 Å². The number of imidazole rings is 1. The van der Waals surface area contributed by atoms with Crippen LogP contribution >= 0.6 is 0 Å². The molecule has 0 N–H and O–H groups in total. The van der Waals surface area contributed by atoms with E-state index in [4.69, 9.17) is 4.74 Å². The normalized spacial score (nSPS) is 11.8. The van der Waals surface area contributed by atoms with Crippen LogP contribution in [0, 0.1) is 0 Å². The van der Waals surface area contributed by atoms with Gasteiger partial charge in [0, 0.05) is 14.1 Å². The molecular weight excluding hydrogens is 393 g/mol. The van der Waals surface area contributed by atoms with Gasteiger partial charge in [0.2, 0.25) is 0 Å². The highest BCUT2D eigenvalue weighted by Gasteiger charge is 2.30. The molecule has 0 saturated carbocycles. The monoisotopic (exact) mass is 410 g/mol. The van der Waals surface area contributed by atoms with E-state index in [1.54, 1.807) is 0 Å². The van der Waals surface area contributed by atoms with E-state index in [9.17, 15) is 27.6 Å². The Labute approximate surface area is 161 Å². The van der Waals surface area contributed by atoms with Gasteiger partial charge in [0.05, 0.1) is 24.9 Å². The number of alkyl halides is 3. The van der Waals surface area contributed by atoms with Crippen LogP contribution in [0.25, 0.3) is 11.2 Å². The molecule has 0 spiro atoms. The number of hydrogen-bond acceptors (Lipinski definition) is 5. The molecule has 0 unspecified atom stereocenters. The Morgan fingerprint density at radius 2 is 1.76 bits per heavy atom. The number of aryl methyl sites for hydroxylation is 1. The first-order chi connectivity index (χ1) is 13.6. The minimum Gasteiger partial charge on any atom is -0.464 e. The molecular formula is C18H17F3N4O4. The number of rotatable bonds is 5. The quantitative estimate of drug-likeness (QED) is 0.591. The maximum Gasteiger partial charge on any atom is 0.416 e. The SMILES string of the molecule is Cn1c(=O)c2c(ncn2CCOC(=O)Cc2ccc(C(F)(F)F)cc2)n(C)c1=O. The maximum atomic E-state index is 12.6. The molecule has 2 aromatic heterocycles. The lowest BCUT2D eigenvalue weighted by Gasteiger charge is -2.09. The molecule has 3 rings (SSSR count). The van der Waals surface area contributed by atoms with Gasteiger partial charge >= 0.3 is 17.8 Å². The number of carbonyl (C=O) groups is 1. The lowest BCUT2D eigenvalue weighted by atomic mass is 10.1. The average molecular weight is 410 g/mol. The molecule has 0 aliphatic rings. The van der Waals surface area contributed by atoms with E-state index in [0.29, 0.717) is 5.56 Å². The highest BCUT2D eigenvalue weighted by Crippen LogP contribution is 2.29. The molecule has 2 heterocycles. The molecule has 0 atom stereocenters. The summed E-state index contributed by atoms with van der Waals surface area (Å²) in [5.74, 6) is -0.616. The standard InChI is InChI=1S/C18H17F3N4O4/c1-23-15-14(16(27)24(2)17(23)28)25(10-22-15)7-8-29-13(26)9-11-3-5-12(6-4-11)18(19,20)21/h3-6,10H,7-9H2,1-2H3. The van der Waals surface area contributed by atoms with E-state index in [-0.39, 0.29) is 30.7 Å². The Hall–Kier alpha value is -3.37. The van der Waals surface area contributed by atoms with Gasteiger partial charge in [-0.05, 0) is 17.7 Å². The average Bonchev–Trinajstić information content (AvgIpc) is 3.08. The number of aromatic nitrogens is 4. The number of halogens is 3. The summed E-state index contributed by atoms with van der Waals surface area (Å²) in [6.07, 6.45) is -3.25. The zero-order valence-electron chi connectivity index (χ0n) is 15.6. The zero-order chi connectivity index (χ0) is 21.3. The van der Waals surface area contributed by atoms with Crippen molar-refractivity contribution in [3.8, 4) is 0 Å². The van der Waals surface area contributed by atoms with Crippen LogP contribution in [0.2, 0.25) is 0 Å². The van der Waals surface area contributed by atoms with Crippen molar-refractivity contribution in [2.75, 3.05) is 6.61 Å². The fourth-order valence-corrected chi connectivity index (χ4v) is 2.85. The summed E-state index contributed by atoms with van der Waals surface area (Å²) in [5.41, 5.74) is -1.01. The lowest BCUT2D eigenvalue weighted by molar-refractivity contribution is -0.143. The molecule has 0 fully saturated rings. The second-order valence-corrected chi connectivity index (χ2v) is 6.41. The van der Waals surface area contributed by atoms with Crippen molar-refractivity contribution in [2.24, 2.45) is 14.1 Å². The molecule has 3 aromatic rings. The van der Waals surface area contributed by atoms with Gasteiger partial charge in [-0.25, -0.2) is 9.78 Å². The highest BCUT2D eigenvalue weighted by atomic mass is 19.4.